The highest BCUT2D eigenvalue weighted by atomic mass is 16.5. The summed E-state index contributed by atoms with van der Waals surface area (Å²) in [6.07, 6.45) is 0. The van der Waals surface area contributed by atoms with Gasteiger partial charge >= 0.3 is 5.97 Å². The molecule has 1 heterocycles. The van der Waals surface area contributed by atoms with Crippen LogP contribution in [0.5, 0.6) is 0 Å². The van der Waals surface area contributed by atoms with Crippen LogP contribution in [0.1, 0.15) is 12.6 Å². The third-order valence-electron chi connectivity index (χ3n) is 2.30. The Morgan fingerprint density at radius 3 is 2.76 bits per heavy atom. The Morgan fingerprint density at radius 2 is 2.29 bits per heavy atom. The first kappa shape index (κ1) is 13.2. The van der Waals surface area contributed by atoms with E-state index in [1.54, 1.807) is 20.0 Å². The number of aromatic nitrogens is 1. The van der Waals surface area contributed by atoms with E-state index in [0.29, 0.717) is 5.69 Å². The van der Waals surface area contributed by atoms with Crippen LogP contribution >= 0.6 is 0 Å². The van der Waals surface area contributed by atoms with Crippen LogP contribution in [0.3, 0.4) is 0 Å². The molecule has 17 heavy (non-hydrogen) atoms. The highest BCUT2D eigenvalue weighted by Gasteiger charge is 2.19. The number of anilines is 1. The largest absolute Gasteiger partial charge is 0.480 e. The fraction of sp³-hybridized carbons (Fsp3) is 0.500. The molecule has 1 rings (SSSR count). The number of nitrogens with one attached hydrogen (secondary N) is 1. The van der Waals surface area contributed by atoms with E-state index in [2.05, 4.69) is 10.5 Å². The van der Waals surface area contributed by atoms with Crippen molar-refractivity contribution in [1.82, 2.24) is 10.1 Å². The van der Waals surface area contributed by atoms with Gasteiger partial charge in [-0.25, -0.2) is 0 Å². The Kier molecular flexibility index (Phi) is 4.22. The average molecular weight is 241 g/mol. The summed E-state index contributed by atoms with van der Waals surface area (Å²) in [7, 11) is 1.56. The van der Waals surface area contributed by atoms with E-state index in [-0.39, 0.29) is 18.3 Å². The van der Waals surface area contributed by atoms with E-state index < -0.39 is 12.0 Å². The minimum atomic E-state index is -0.976. The number of carbonyl (C=O) groups excluding carboxylic acids is 1. The minimum Gasteiger partial charge on any atom is -0.480 e. The first-order chi connectivity index (χ1) is 7.90. The summed E-state index contributed by atoms with van der Waals surface area (Å²) in [5, 5.41) is 14.9. The predicted molar refractivity (Wildman–Crippen MR) is 59.6 cm³/mol. The van der Waals surface area contributed by atoms with Gasteiger partial charge in [0.05, 0.1) is 12.2 Å². The van der Waals surface area contributed by atoms with Gasteiger partial charge in [-0.3, -0.25) is 19.8 Å². The maximum absolute atomic E-state index is 11.5. The van der Waals surface area contributed by atoms with Crippen LogP contribution in [0.25, 0.3) is 0 Å². The summed E-state index contributed by atoms with van der Waals surface area (Å²) in [6.45, 7) is 3.21. The molecule has 1 aromatic rings. The zero-order valence-electron chi connectivity index (χ0n) is 9.93. The van der Waals surface area contributed by atoms with E-state index >= 15 is 0 Å². The number of hydrogen-bond acceptors (Lipinski definition) is 5. The molecule has 1 aromatic heterocycles. The Bertz CT molecular complexity index is 415. The van der Waals surface area contributed by atoms with Crippen LogP contribution in [0.4, 0.5) is 5.88 Å². The number of likely N-dealkylation sites (N-methyl/N-ethyl adjacent to an activating group) is 1. The zero-order chi connectivity index (χ0) is 13.0. The lowest BCUT2D eigenvalue weighted by Gasteiger charge is -2.19. The lowest BCUT2D eigenvalue weighted by atomic mass is 10.3. The van der Waals surface area contributed by atoms with Gasteiger partial charge < -0.3 is 9.63 Å². The number of amides is 1. The van der Waals surface area contributed by atoms with Gasteiger partial charge in [-0.05, 0) is 20.9 Å². The second kappa shape index (κ2) is 5.44. The van der Waals surface area contributed by atoms with Gasteiger partial charge in [0.25, 0.3) is 0 Å². The molecular weight excluding hydrogens is 226 g/mol. The lowest BCUT2D eigenvalue weighted by molar-refractivity contribution is -0.142. The average Bonchev–Trinajstić information content (AvgIpc) is 2.62. The smallest absolute Gasteiger partial charge is 0.320 e. The summed E-state index contributed by atoms with van der Waals surface area (Å²) in [5.41, 5.74) is 0.660. The van der Waals surface area contributed by atoms with Crippen molar-refractivity contribution >= 4 is 17.8 Å². The summed E-state index contributed by atoms with van der Waals surface area (Å²) in [5.74, 6) is -1.07. The molecule has 0 fully saturated rings. The normalized spacial score (nSPS) is 12.5. The molecule has 94 valence electrons. The Morgan fingerprint density at radius 1 is 1.65 bits per heavy atom. The molecular formula is C10H15N3O4. The van der Waals surface area contributed by atoms with Crippen molar-refractivity contribution in [2.24, 2.45) is 0 Å². The van der Waals surface area contributed by atoms with Crippen molar-refractivity contribution in [3.05, 3.63) is 11.8 Å². The minimum absolute atomic E-state index is 0.0345. The van der Waals surface area contributed by atoms with Gasteiger partial charge in [-0.1, -0.05) is 5.16 Å². The topological polar surface area (TPSA) is 95.7 Å². The van der Waals surface area contributed by atoms with Crippen molar-refractivity contribution in [1.29, 1.82) is 0 Å². The third kappa shape index (κ3) is 3.87. The van der Waals surface area contributed by atoms with Crippen molar-refractivity contribution in [3.8, 4) is 0 Å². The molecule has 0 aromatic carbocycles. The molecule has 1 amide bonds. The maximum Gasteiger partial charge on any atom is 0.320 e. The number of aryl methyl sites for hydroxylation is 1. The molecule has 0 aliphatic carbocycles. The van der Waals surface area contributed by atoms with Crippen molar-refractivity contribution in [2.45, 2.75) is 19.9 Å². The van der Waals surface area contributed by atoms with Gasteiger partial charge in [0.2, 0.25) is 11.8 Å². The number of nitrogens with zero attached hydrogens (tertiary/aromatic N) is 2. The number of carbonyl (C=O) groups is 2. The summed E-state index contributed by atoms with van der Waals surface area (Å²) in [4.78, 5) is 23.6. The molecule has 0 radical (unpaired) electrons. The Labute approximate surface area is 98.4 Å². The molecule has 0 bridgehead atoms. The standard InChI is InChI=1S/C10H15N3O4/c1-6-4-9(17-12-6)11-8(14)5-13(3)7(2)10(15)16/h4,7H,5H2,1-3H3,(H,11,14)(H,15,16). The molecule has 7 heteroatoms. The summed E-state index contributed by atoms with van der Waals surface area (Å²) < 4.78 is 4.81. The fourth-order valence-electron chi connectivity index (χ4n) is 1.15. The summed E-state index contributed by atoms with van der Waals surface area (Å²) >= 11 is 0. The van der Waals surface area contributed by atoms with Gasteiger partial charge in [0.15, 0.2) is 0 Å². The van der Waals surface area contributed by atoms with Crippen LogP contribution in [0.2, 0.25) is 0 Å². The SMILES string of the molecule is Cc1cc(NC(=O)CN(C)C(C)C(=O)O)on1. The van der Waals surface area contributed by atoms with Crippen molar-refractivity contribution in [3.63, 3.8) is 0 Å². The highest BCUT2D eigenvalue weighted by molar-refractivity contribution is 5.91. The lowest BCUT2D eigenvalue weighted by Crippen LogP contribution is -2.40. The molecule has 1 unspecified atom stereocenters. The number of rotatable bonds is 5. The Hall–Kier alpha value is -1.89. The van der Waals surface area contributed by atoms with E-state index in [9.17, 15) is 9.59 Å². The Balaban J connectivity index is 2.47. The van der Waals surface area contributed by atoms with E-state index in [1.807, 2.05) is 0 Å². The molecule has 1 atom stereocenters. The van der Waals surface area contributed by atoms with E-state index in [0.717, 1.165) is 0 Å². The molecule has 0 saturated carbocycles. The van der Waals surface area contributed by atoms with Crippen molar-refractivity contribution in [2.75, 3.05) is 18.9 Å². The number of carboxylic acid groups (broad SMARTS) is 1. The first-order valence-corrected chi connectivity index (χ1v) is 5.06. The predicted octanol–water partition coefficient (Wildman–Crippen LogP) is 0.326. The van der Waals surface area contributed by atoms with Gasteiger partial charge in [0.1, 0.15) is 6.04 Å². The molecule has 0 spiro atoms. The van der Waals surface area contributed by atoms with Crippen molar-refractivity contribution < 1.29 is 19.2 Å². The van der Waals surface area contributed by atoms with Gasteiger partial charge in [0, 0.05) is 6.07 Å². The number of hydrogen-bond donors (Lipinski definition) is 2. The number of aliphatic carboxylic acids is 1. The highest BCUT2D eigenvalue weighted by Crippen LogP contribution is 2.08. The molecule has 0 saturated heterocycles. The quantitative estimate of drug-likeness (QED) is 0.771. The third-order valence-corrected chi connectivity index (χ3v) is 2.30. The van der Waals surface area contributed by atoms with Crippen LogP contribution in [0, 0.1) is 6.92 Å². The molecule has 0 aliphatic heterocycles. The molecule has 2 N–H and O–H groups in total. The van der Waals surface area contributed by atoms with Crippen LogP contribution < -0.4 is 5.32 Å². The molecule has 7 nitrogen and oxygen atoms in total. The monoisotopic (exact) mass is 241 g/mol. The summed E-state index contributed by atoms with van der Waals surface area (Å²) in [6, 6.07) is 0.857. The van der Waals surface area contributed by atoms with E-state index in [1.165, 1.54) is 11.8 Å². The maximum atomic E-state index is 11.5. The second-order valence-electron chi connectivity index (χ2n) is 3.81. The van der Waals surface area contributed by atoms with Crippen LogP contribution in [0.15, 0.2) is 10.6 Å². The van der Waals surface area contributed by atoms with Crippen LogP contribution in [-0.2, 0) is 9.59 Å². The fourth-order valence-corrected chi connectivity index (χ4v) is 1.15. The molecule has 0 aliphatic rings. The second-order valence-corrected chi connectivity index (χ2v) is 3.81. The van der Waals surface area contributed by atoms with E-state index in [4.69, 9.17) is 9.63 Å². The van der Waals surface area contributed by atoms with Gasteiger partial charge in [-0.2, -0.15) is 0 Å². The van der Waals surface area contributed by atoms with Crippen LogP contribution in [-0.4, -0.2) is 46.7 Å². The van der Waals surface area contributed by atoms with Gasteiger partial charge in [-0.15, -0.1) is 0 Å². The number of carboxylic acids is 1. The zero-order valence-corrected chi connectivity index (χ0v) is 9.93. The first-order valence-electron chi connectivity index (χ1n) is 5.06.